The van der Waals surface area contributed by atoms with E-state index in [1.165, 1.54) is 0 Å². The van der Waals surface area contributed by atoms with E-state index in [0.29, 0.717) is 13.0 Å². The monoisotopic (exact) mass is 279 g/mol. The fraction of sp³-hybridized carbons (Fsp3) is 0.176. The molecule has 4 heteroatoms. The molecule has 0 saturated heterocycles. The third-order valence-corrected chi connectivity index (χ3v) is 3.56. The maximum Gasteiger partial charge on any atom is 0.219 e. The van der Waals surface area contributed by atoms with Gasteiger partial charge >= 0.3 is 0 Å². The van der Waals surface area contributed by atoms with E-state index in [1.807, 2.05) is 43.5 Å². The van der Waals surface area contributed by atoms with Crippen LogP contribution in [0.25, 0.3) is 22.2 Å². The Morgan fingerprint density at radius 3 is 2.90 bits per heavy atom. The van der Waals surface area contributed by atoms with E-state index in [9.17, 15) is 4.79 Å². The number of nitrogens with one attached hydrogen (secondary N) is 2. The standard InChI is InChI=1S/C17H17N3O/c1-2-16(21)20-11-12-5-3-4-6-13(12)14-7-9-18-17-15(14)8-10-19-17/h3-10H,2,11H2,1H3,(H,18,19)(H,20,21). The highest BCUT2D eigenvalue weighted by atomic mass is 16.1. The van der Waals surface area contributed by atoms with E-state index < -0.39 is 0 Å². The molecule has 1 amide bonds. The second-order valence-corrected chi connectivity index (χ2v) is 4.89. The third kappa shape index (κ3) is 2.65. The lowest BCUT2D eigenvalue weighted by Gasteiger charge is -2.11. The number of H-pyrrole nitrogens is 1. The van der Waals surface area contributed by atoms with E-state index in [4.69, 9.17) is 0 Å². The Hall–Kier alpha value is -2.62. The molecule has 0 aliphatic rings. The summed E-state index contributed by atoms with van der Waals surface area (Å²) in [7, 11) is 0. The first kappa shape index (κ1) is 13.4. The van der Waals surface area contributed by atoms with Gasteiger partial charge in [0.05, 0.1) is 0 Å². The van der Waals surface area contributed by atoms with Crippen LogP contribution in [0.1, 0.15) is 18.9 Å². The summed E-state index contributed by atoms with van der Waals surface area (Å²) >= 11 is 0. The first-order valence-corrected chi connectivity index (χ1v) is 7.06. The van der Waals surface area contributed by atoms with Crippen LogP contribution in [0.3, 0.4) is 0 Å². The quantitative estimate of drug-likeness (QED) is 0.770. The van der Waals surface area contributed by atoms with E-state index in [-0.39, 0.29) is 5.91 Å². The molecule has 0 atom stereocenters. The van der Waals surface area contributed by atoms with Crippen molar-refractivity contribution in [1.29, 1.82) is 0 Å². The maximum absolute atomic E-state index is 11.5. The fourth-order valence-electron chi connectivity index (χ4n) is 2.45. The van der Waals surface area contributed by atoms with Crippen molar-refractivity contribution in [3.63, 3.8) is 0 Å². The number of hydrogen-bond donors (Lipinski definition) is 2. The van der Waals surface area contributed by atoms with Crippen LogP contribution in [0, 0.1) is 0 Å². The van der Waals surface area contributed by atoms with Crippen molar-refractivity contribution in [3.05, 3.63) is 54.4 Å². The molecule has 2 aromatic heterocycles. The molecule has 0 aliphatic carbocycles. The van der Waals surface area contributed by atoms with E-state index >= 15 is 0 Å². The van der Waals surface area contributed by atoms with Gasteiger partial charge in [0.15, 0.2) is 0 Å². The molecule has 21 heavy (non-hydrogen) atoms. The molecule has 0 bridgehead atoms. The Labute approximate surface area is 123 Å². The Balaban J connectivity index is 2.02. The summed E-state index contributed by atoms with van der Waals surface area (Å²) in [6, 6.07) is 12.2. The fourth-order valence-corrected chi connectivity index (χ4v) is 2.45. The number of rotatable bonds is 4. The predicted octanol–water partition coefficient (Wildman–Crippen LogP) is 3.26. The number of pyridine rings is 1. The summed E-state index contributed by atoms with van der Waals surface area (Å²) in [6.07, 6.45) is 4.19. The van der Waals surface area contributed by atoms with Crippen LogP contribution >= 0.6 is 0 Å². The largest absolute Gasteiger partial charge is 0.352 e. The summed E-state index contributed by atoms with van der Waals surface area (Å²) in [5.41, 5.74) is 4.23. The first-order chi connectivity index (χ1) is 10.3. The van der Waals surface area contributed by atoms with Gasteiger partial charge in [-0.3, -0.25) is 4.79 Å². The average molecular weight is 279 g/mol. The highest BCUT2D eigenvalue weighted by molar-refractivity contribution is 5.93. The number of benzene rings is 1. The van der Waals surface area contributed by atoms with Crippen molar-refractivity contribution < 1.29 is 4.79 Å². The summed E-state index contributed by atoms with van der Waals surface area (Å²) in [5, 5.41) is 4.03. The average Bonchev–Trinajstić information content (AvgIpc) is 3.01. The Morgan fingerprint density at radius 1 is 1.19 bits per heavy atom. The molecule has 4 nitrogen and oxygen atoms in total. The van der Waals surface area contributed by atoms with Crippen LogP contribution < -0.4 is 5.32 Å². The lowest BCUT2D eigenvalue weighted by molar-refractivity contribution is -0.120. The molecule has 1 aromatic carbocycles. The SMILES string of the molecule is CCC(=O)NCc1ccccc1-c1ccnc2[nH]ccc12. The van der Waals surface area contributed by atoms with Crippen LogP contribution in [0.4, 0.5) is 0 Å². The zero-order chi connectivity index (χ0) is 14.7. The van der Waals surface area contributed by atoms with Crippen molar-refractivity contribution in [1.82, 2.24) is 15.3 Å². The predicted molar refractivity (Wildman–Crippen MR) is 83.7 cm³/mol. The summed E-state index contributed by atoms with van der Waals surface area (Å²) in [5.74, 6) is 0.0614. The minimum absolute atomic E-state index is 0.0614. The lowest BCUT2D eigenvalue weighted by atomic mass is 9.98. The molecule has 0 unspecified atom stereocenters. The Morgan fingerprint density at radius 2 is 2.05 bits per heavy atom. The number of amides is 1. The number of aromatic amines is 1. The second-order valence-electron chi connectivity index (χ2n) is 4.89. The van der Waals surface area contributed by atoms with Crippen LogP contribution in [0.2, 0.25) is 0 Å². The zero-order valence-corrected chi connectivity index (χ0v) is 11.9. The number of aromatic nitrogens is 2. The van der Waals surface area contributed by atoms with Gasteiger partial charge in [-0.05, 0) is 28.8 Å². The Bertz CT molecular complexity index is 776. The molecular formula is C17H17N3O. The van der Waals surface area contributed by atoms with Crippen LogP contribution in [0.5, 0.6) is 0 Å². The van der Waals surface area contributed by atoms with Gasteiger partial charge < -0.3 is 10.3 Å². The van der Waals surface area contributed by atoms with Gasteiger partial charge in [-0.1, -0.05) is 31.2 Å². The number of hydrogen-bond acceptors (Lipinski definition) is 2. The lowest BCUT2D eigenvalue weighted by Crippen LogP contribution is -2.21. The number of carbonyl (C=O) groups excluding carboxylic acids is 1. The van der Waals surface area contributed by atoms with Gasteiger partial charge in [-0.2, -0.15) is 0 Å². The molecule has 106 valence electrons. The molecule has 2 N–H and O–H groups in total. The zero-order valence-electron chi connectivity index (χ0n) is 11.9. The Kier molecular flexibility index (Phi) is 3.69. The topological polar surface area (TPSA) is 57.8 Å². The molecule has 0 aliphatic heterocycles. The summed E-state index contributed by atoms with van der Waals surface area (Å²) in [6.45, 7) is 2.39. The smallest absolute Gasteiger partial charge is 0.219 e. The number of fused-ring (bicyclic) bond motifs is 1. The van der Waals surface area contributed by atoms with E-state index in [0.717, 1.165) is 27.7 Å². The van der Waals surface area contributed by atoms with E-state index in [1.54, 1.807) is 6.20 Å². The molecule has 0 radical (unpaired) electrons. The summed E-state index contributed by atoms with van der Waals surface area (Å²) in [4.78, 5) is 18.9. The molecule has 0 saturated carbocycles. The molecule has 3 aromatic rings. The highest BCUT2D eigenvalue weighted by Crippen LogP contribution is 2.29. The third-order valence-electron chi connectivity index (χ3n) is 3.56. The molecule has 0 fully saturated rings. The molecule has 3 rings (SSSR count). The highest BCUT2D eigenvalue weighted by Gasteiger charge is 2.09. The van der Waals surface area contributed by atoms with Gasteiger partial charge in [-0.25, -0.2) is 4.98 Å². The van der Waals surface area contributed by atoms with E-state index in [2.05, 4.69) is 21.4 Å². The van der Waals surface area contributed by atoms with Gasteiger partial charge in [-0.15, -0.1) is 0 Å². The van der Waals surface area contributed by atoms with Gasteiger partial charge in [0.25, 0.3) is 0 Å². The minimum Gasteiger partial charge on any atom is -0.352 e. The summed E-state index contributed by atoms with van der Waals surface area (Å²) < 4.78 is 0. The minimum atomic E-state index is 0.0614. The molecule has 0 spiro atoms. The van der Waals surface area contributed by atoms with Gasteiger partial charge in [0.1, 0.15) is 5.65 Å². The van der Waals surface area contributed by atoms with Crippen molar-refractivity contribution in [2.45, 2.75) is 19.9 Å². The van der Waals surface area contributed by atoms with Crippen LogP contribution in [-0.2, 0) is 11.3 Å². The van der Waals surface area contributed by atoms with Crippen molar-refractivity contribution in [2.24, 2.45) is 0 Å². The molecular weight excluding hydrogens is 262 g/mol. The number of carbonyl (C=O) groups is 1. The van der Waals surface area contributed by atoms with Gasteiger partial charge in [0.2, 0.25) is 5.91 Å². The second kappa shape index (κ2) is 5.79. The van der Waals surface area contributed by atoms with Crippen molar-refractivity contribution in [2.75, 3.05) is 0 Å². The number of nitrogens with zero attached hydrogens (tertiary/aromatic N) is 1. The van der Waals surface area contributed by atoms with Crippen LogP contribution in [0.15, 0.2) is 48.8 Å². The first-order valence-electron chi connectivity index (χ1n) is 7.06. The van der Waals surface area contributed by atoms with Gasteiger partial charge in [0, 0.05) is 30.7 Å². The van der Waals surface area contributed by atoms with Crippen LogP contribution in [-0.4, -0.2) is 15.9 Å². The van der Waals surface area contributed by atoms with Crippen molar-refractivity contribution in [3.8, 4) is 11.1 Å². The maximum atomic E-state index is 11.5. The van der Waals surface area contributed by atoms with Crippen molar-refractivity contribution >= 4 is 16.9 Å². The normalized spacial score (nSPS) is 10.7. The molecule has 2 heterocycles.